The molecule has 0 N–H and O–H groups in total. The molecule has 1 heterocycles. The average molecular weight is 209 g/mol. The maximum absolute atomic E-state index is 2.65. The monoisotopic (exact) mass is 209 g/mol. The molecule has 1 unspecified atom stereocenters. The zero-order valence-corrected chi connectivity index (χ0v) is 11.0. The largest absolute Gasteiger partial charge is 0.304 e. The molecule has 0 aliphatic carbocycles. The highest BCUT2D eigenvalue weighted by molar-refractivity contribution is 6.11. The van der Waals surface area contributed by atoms with Crippen molar-refractivity contribution in [2.75, 3.05) is 19.6 Å². The summed E-state index contributed by atoms with van der Waals surface area (Å²) in [6.07, 6.45) is 8.58. The predicted octanol–water partition coefficient (Wildman–Crippen LogP) is 2.72. The second-order valence-corrected chi connectivity index (χ2v) is 5.79. The van der Waals surface area contributed by atoms with Crippen molar-refractivity contribution >= 4 is 7.85 Å². The van der Waals surface area contributed by atoms with Gasteiger partial charge in [-0.25, -0.2) is 0 Å². The minimum absolute atomic E-state index is 0.888. The van der Waals surface area contributed by atoms with Gasteiger partial charge in [-0.05, 0) is 38.4 Å². The zero-order valence-electron chi connectivity index (χ0n) is 11.0. The highest BCUT2D eigenvalue weighted by Crippen LogP contribution is 2.18. The van der Waals surface area contributed by atoms with Crippen molar-refractivity contribution in [3.8, 4) is 0 Å². The summed E-state index contributed by atoms with van der Waals surface area (Å²) in [6, 6.07) is 0. The highest BCUT2D eigenvalue weighted by atomic mass is 15.1. The third-order valence-corrected chi connectivity index (χ3v) is 3.50. The van der Waals surface area contributed by atoms with Crippen LogP contribution in [0.4, 0.5) is 0 Å². The van der Waals surface area contributed by atoms with Crippen LogP contribution in [0, 0.1) is 5.92 Å². The Morgan fingerprint density at radius 2 is 1.67 bits per heavy atom. The van der Waals surface area contributed by atoms with Crippen molar-refractivity contribution in [1.29, 1.82) is 0 Å². The number of nitrogens with zero attached hydrogens (tertiary/aromatic N) is 1. The molecule has 1 aliphatic rings. The number of rotatable bonds is 7. The van der Waals surface area contributed by atoms with Gasteiger partial charge in [0.2, 0.25) is 0 Å². The van der Waals surface area contributed by atoms with E-state index < -0.39 is 0 Å². The first kappa shape index (κ1) is 13.1. The highest BCUT2D eigenvalue weighted by Gasteiger charge is 2.14. The van der Waals surface area contributed by atoms with Gasteiger partial charge in [-0.1, -0.05) is 45.3 Å². The molecular formula is C13H28BN. The fraction of sp³-hybridized carbons (Fsp3) is 1.00. The Kier molecular flexibility index (Phi) is 6.39. The quantitative estimate of drug-likeness (QED) is 0.460. The van der Waals surface area contributed by atoms with Crippen LogP contribution in [-0.4, -0.2) is 32.4 Å². The van der Waals surface area contributed by atoms with Gasteiger partial charge in [0.25, 0.3) is 0 Å². The number of unbranched alkanes of at least 4 members (excludes halogenated alkanes) is 1. The van der Waals surface area contributed by atoms with Gasteiger partial charge in [-0.2, -0.15) is 0 Å². The van der Waals surface area contributed by atoms with Crippen LogP contribution in [-0.2, 0) is 0 Å². The van der Waals surface area contributed by atoms with E-state index in [1.54, 1.807) is 0 Å². The van der Waals surface area contributed by atoms with Gasteiger partial charge in [-0.3, -0.25) is 0 Å². The Hall–Kier alpha value is 0.0249. The van der Waals surface area contributed by atoms with E-state index in [1.807, 2.05) is 0 Å². The maximum atomic E-state index is 2.65. The Bertz CT molecular complexity index is 153. The van der Waals surface area contributed by atoms with Crippen molar-refractivity contribution in [1.82, 2.24) is 4.90 Å². The molecule has 1 atom stereocenters. The van der Waals surface area contributed by atoms with Crippen LogP contribution in [0.25, 0.3) is 0 Å². The summed E-state index contributed by atoms with van der Waals surface area (Å²) in [7, 11) is 2.42. The number of hydrogen-bond donors (Lipinski definition) is 0. The second kappa shape index (κ2) is 7.32. The molecule has 0 spiro atoms. The molecule has 1 fully saturated rings. The molecule has 2 heteroatoms. The van der Waals surface area contributed by atoms with Gasteiger partial charge in [0, 0.05) is 0 Å². The van der Waals surface area contributed by atoms with Crippen molar-refractivity contribution in [3.63, 3.8) is 0 Å². The lowest BCUT2D eigenvalue weighted by molar-refractivity contribution is 0.327. The van der Waals surface area contributed by atoms with E-state index in [2.05, 4.69) is 26.6 Å². The standard InChI is InChI=1S/C13H28BN/c1-12(2)7-3-4-8-13(14)11-15-9-5-6-10-15/h12-13H,3-11,14H2,1-2H3. The van der Waals surface area contributed by atoms with E-state index in [-0.39, 0.29) is 0 Å². The first-order valence-electron chi connectivity index (χ1n) is 6.91. The molecule has 0 aromatic rings. The summed E-state index contributed by atoms with van der Waals surface area (Å²) in [5, 5.41) is 0. The van der Waals surface area contributed by atoms with Crippen molar-refractivity contribution in [3.05, 3.63) is 0 Å². The zero-order chi connectivity index (χ0) is 11.1. The molecule has 1 nitrogen and oxygen atoms in total. The van der Waals surface area contributed by atoms with Crippen molar-refractivity contribution < 1.29 is 0 Å². The van der Waals surface area contributed by atoms with E-state index >= 15 is 0 Å². The Morgan fingerprint density at radius 1 is 1.07 bits per heavy atom. The molecule has 88 valence electrons. The topological polar surface area (TPSA) is 3.24 Å². The summed E-state index contributed by atoms with van der Waals surface area (Å²) in [5.74, 6) is 1.80. The van der Waals surface area contributed by atoms with Crippen LogP contribution < -0.4 is 0 Å². The lowest BCUT2D eigenvalue weighted by atomic mass is 9.82. The lowest BCUT2D eigenvalue weighted by Crippen LogP contribution is -2.24. The van der Waals surface area contributed by atoms with Gasteiger partial charge in [0.1, 0.15) is 7.85 Å². The summed E-state index contributed by atoms with van der Waals surface area (Å²) in [6.45, 7) is 8.72. The summed E-state index contributed by atoms with van der Waals surface area (Å²) < 4.78 is 0. The fourth-order valence-electron chi connectivity index (χ4n) is 2.54. The summed E-state index contributed by atoms with van der Waals surface area (Å²) in [4.78, 5) is 2.65. The number of likely N-dealkylation sites (tertiary alicyclic amines) is 1. The van der Waals surface area contributed by atoms with E-state index in [0.29, 0.717) is 0 Å². The van der Waals surface area contributed by atoms with Crippen molar-refractivity contribution in [2.24, 2.45) is 5.92 Å². The maximum Gasteiger partial charge on any atom is 0.107 e. The van der Waals surface area contributed by atoms with Crippen molar-refractivity contribution in [2.45, 2.75) is 58.2 Å². The predicted molar refractivity (Wildman–Crippen MR) is 71.3 cm³/mol. The summed E-state index contributed by atoms with van der Waals surface area (Å²) >= 11 is 0. The second-order valence-electron chi connectivity index (χ2n) is 5.79. The smallest absolute Gasteiger partial charge is 0.107 e. The molecule has 15 heavy (non-hydrogen) atoms. The molecule has 0 amide bonds. The molecule has 0 aromatic carbocycles. The van der Waals surface area contributed by atoms with E-state index in [1.165, 1.54) is 58.2 Å². The normalized spacial score (nSPS) is 19.9. The van der Waals surface area contributed by atoms with E-state index in [9.17, 15) is 0 Å². The SMILES string of the molecule is BC(CCCCC(C)C)CN1CCCC1. The van der Waals surface area contributed by atoms with Gasteiger partial charge in [-0.15, -0.1) is 0 Å². The molecule has 0 radical (unpaired) electrons. The third-order valence-electron chi connectivity index (χ3n) is 3.50. The Balaban J connectivity index is 1.95. The number of hydrogen-bond acceptors (Lipinski definition) is 1. The first-order chi connectivity index (χ1) is 7.18. The molecule has 0 bridgehead atoms. The fourth-order valence-corrected chi connectivity index (χ4v) is 2.54. The van der Waals surface area contributed by atoms with Gasteiger partial charge >= 0.3 is 0 Å². The lowest BCUT2D eigenvalue weighted by Gasteiger charge is -2.20. The molecular weight excluding hydrogens is 181 g/mol. The van der Waals surface area contributed by atoms with Crippen LogP contribution in [0.15, 0.2) is 0 Å². The minimum atomic E-state index is 0.888. The first-order valence-corrected chi connectivity index (χ1v) is 6.91. The van der Waals surface area contributed by atoms with Crippen LogP contribution >= 0.6 is 0 Å². The third kappa shape index (κ3) is 6.24. The minimum Gasteiger partial charge on any atom is -0.304 e. The molecule has 1 aliphatic heterocycles. The average Bonchev–Trinajstić information content (AvgIpc) is 2.64. The van der Waals surface area contributed by atoms with Gasteiger partial charge in [0.05, 0.1) is 0 Å². The molecule has 1 saturated heterocycles. The molecule has 0 aromatic heterocycles. The summed E-state index contributed by atoms with van der Waals surface area (Å²) in [5.41, 5.74) is 0. The molecule has 0 saturated carbocycles. The van der Waals surface area contributed by atoms with Crippen LogP contribution in [0.3, 0.4) is 0 Å². The van der Waals surface area contributed by atoms with E-state index in [0.717, 1.165) is 11.7 Å². The molecule has 1 rings (SSSR count). The van der Waals surface area contributed by atoms with Gasteiger partial charge < -0.3 is 4.90 Å². The Labute approximate surface area is 97.0 Å². The van der Waals surface area contributed by atoms with Crippen LogP contribution in [0.2, 0.25) is 5.82 Å². The van der Waals surface area contributed by atoms with Crippen LogP contribution in [0.5, 0.6) is 0 Å². The van der Waals surface area contributed by atoms with Gasteiger partial charge in [0.15, 0.2) is 0 Å². The Morgan fingerprint density at radius 3 is 2.27 bits per heavy atom. The van der Waals surface area contributed by atoms with E-state index in [4.69, 9.17) is 0 Å². The van der Waals surface area contributed by atoms with Crippen LogP contribution in [0.1, 0.15) is 52.4 Å².